The highest BCUT2D eigenvalue weighted by Gasteiger charge is 2.37. The number of nitrogens with zero attached hydrogens (tertiary/aromatic N) is 1. The Hall–Kier alpha value is -3.98. The van der Waals surface area contributed by atoms with Crippen LogP contribution in [0.2, 0.25) is 0 Å². The minimum Gasteiger partial charge on any atom is -0.444 e. The molecule has 8 heteroatoms. The van der Waals surface area contributed by atoms with E-state index in [0.29, 0.717) is 39.0 Å². The molecule has 0 radical (unpaired) electrons. The lowest BCUT2D eigenvalue weighted by Crippen LogP contribution is -2.46. The number of rotatable bonds is 12. The highest BCUT2D eigenvalue weighted by Crippen LogP contribution is 2.36. The van der Waals surface area contributed by atoms with Crippen molar-refractivity contribution < 1.29 is 29.3 Å². The zero-order valence-corrected chi connectivity index (χ0v) is 24.3. The van der Waals surface area contributed by atoms with E-state index in [0.717, 1.165) is 22.3 Å². The van der Waals surface area contributed by atoms with E-state index in [-0.39, 0.29) is 24.9 Å². The van der Waals surface area contributed by atoms with E-state index in [1.165, 1.54) is 0 Å². The number of nitrogens with one attached hydrogen (secondary N) is 1. The van der Waals surface area contributed by atoms with E-state index in [1.807, 2.05) is 97.1 Å². The Morgan fingerprint density at radius 1 is 1.02 bits per heavy atom. The van der Waals surface area contributed by atoms with Crippen molar-refractivity contribution in [2.45, 2.75) is 62.5 Å². The third-order valence-electron chi connectivity index (χ3n) is 8.12. The quantitative estimate of drug-likeness (QED) is 0.290. The Labute approximate surface area is 252 Å². The number of hydrogen-bond acceptors (Lipinski definition) is 6. The molecule has 0 aromatic heterocycles. The fraction of sp³-hybridized carbons (Fsp3) is 0.371. The van der Waals surface area contributed by atoms with Gasteiger partial charge in [0.1, 0.15) is 6.10 Å². The van der Waals surface area contributed by atoms with Crippen molar-refractivity contribution in [3.63, 3.8) is 0 Å². The maximum atomic E-state index is 13.8. The van der Waals surface area contributed by atoms with E-state index in [2.05, 4.69) is 5.32 Å². The summed E-state index contributed by atoms with van der Waals surface area (Å²) in [6.07, 6.45) is 2.92. The van der Waals surface area contributed by atoms with Gasteiger partial charge in [0.05, 0.1) is 37.5 Å². The third-order valence-corrected chi connectivity index (χ3v) is 8.12. The lowest BCUT2D eigenvalue weighted by molar-refractivity contribution is -0.136. The zero-order chi connectivity index (χ0) is 30.0. The molecule has 0 bridgehead atoms. The molecule has 5 atom stereocenters. The number of aliphatic hydroxyl groups is 2. The van der Waals surface area contributed by atoms with Crippen molar-refractivity contribution in [1.29, 1.82) is 0 Å². The second-order valence-corrected chi connectivity index (χ2v) is 11.2. The highest BCUT2D eigenvalue weighted by atomic mass is 16.6. The number of fused-ring (bicyclic) bond motifs is 1. The van der Waals surface area contributed by atoms with Crippen LogP contribution in [0, 0.1) is 0 Å². The van der Waals surface area contributed by atoms with Gasteiger partial charge in [-0.2, -0.15) is 0 Å². The monoisotopic (exact) mass is 584 g/mol. The first-order valence-electron chi connectivity index (χ1n) is 15.0. The molecule has 0 unspecified atom stereocenters. The fourth-order valence-electron chi connectivity index (χ4n) is 5.88. The molecule has 1 aliphatic heterocycles. The van der Waals surface area contributed by atoms with Crippen molar-refractivity contribution in [3.8, 4) is 0 Å². The standard InChI is InChI=1S/C35H40N2O6/c38-31(30(22-26-12-5-2-6-13-26)36-35(41)43-28-19-21-42-24-28)17-18-33(40)37(20-9-14-25-10-3-1-4-11-25)34-29-16-8-7-15-27(29)23-32(34)39/h1-16,28,30-32,34,38-39H,17-24H2,(H,36,41)/t28-,30-,31-,32+,34-/m0/s1. The van der Waals surface area contributed by atoms with Crippen LogP contribution in [0.3, 0.4) is 0 Å². The Kier molecular flexibility index (Phi) is 10.6. The predicted molar refractivity (Wildman–Crippen MR) is 164 cm³/mol. The molecule has 1 fully saturated rings. The van der Waals surface area contributed by atoms with Crippen LogP contribution in [-0.2, 0) is 27.1 Å². The topological polar surface area (TPSA) is 108 Å². The lowest BCUT2D eigenvalue weighted by atomic mass is 9.97. The van der Waals surface area contributed by atoms with Gasteiger partial charge in [-0.3, -0.25) is 4.79 Å². The zero-order valence-electron chi connectivity index (χ0n) is 24.3. The molecule has 1 saturated heterocycles. The van der Waals surface area contributed by atoms with Crippen molar-refractivity contribution in [3.05, 3.63) is 113 Å². The van der Waals surface area contributed by atoms with Crippen LogP contribution in [0.1, 0.15) is 47.6 Å². The summed E-state index contributed by atoms with van der Waals surface area (Å²) in [6, 6.07) is 26.1. The normalized spacial score (nSPS) is 20.8. The van der Waals surface area contributed by atoms with Gasteiger partial charge in [0.25, 0.3) is 0 Å². The largest absolute Gasteiger partial charge is 0.444 e. The van der Waals surface area contributed by atoms with E-state index < -0.39 is 30.4 Å². The fourth-order valence-corrected chi connectivity index (χ4v) is 5.88. The molecule has 2 amide bonds. The second kappa shape index (κ2) is 15.0. The van der Waals surface area contributed by atoms with Gasteiger partial charge < -0.3 is 29.9 Å². The van der Waals surface area contributed by atoms with Crippen LogP contribution in [0.5, 0.6) is 0 Å². The van der Waals surface area contributed by atoms with Gasteiger partial charge in [0.2, 0.25) is 5.91 Å². The van der Waals surface area contributed by atoms with Crippen molar-refractivity contribution in [1.82, 2.24) is 10.2 Å². The summed E-state index contributed by atoms with van der Waals surface area (Å²) in [6.45, 7) is 1.22. The number of aliphatic hydroxyl groups excluding tert-OH is 2. The maximum Gasteiger partial charge on any atom is 0.407 e. The number of alkyl carbamates (subject to hydrolysis) is 1. The molecule has 8 nitrogen and oxygen atoms in total. The van der Waals surface area contributed by atoms with Gasteiger partial charge in [0.15, 0.2) is 0 Å². The van der Waals surface area contributed by atoms with Gasteiger partial charge >= 0.3 is 6.09 Å². The lowest BCUT2D eigenvalue weighted by Gasteiger charge is -2.32. The van der Waals surface area contributed by atoms with Crippen molar-refractivity contribution >= 4 is 18.1 Å². The average molecular weight is 585 g/mol. The molecule has 226 valence electrons. The molecule has 0 spiro atoms. The average Bonchev–Trinajstić information content (AvgIpc) is 3.65. The van der Waals surface area contributed by atoms with Gasteiger partial charge in [-0.05, 0) is 35.1 Å². The summed E-state index contributed by atoms with van der Waals surface area (Å²) in [5.74, 6) is -0.179. The van der Waals surface area contributed by atoms with E-state index in [1.54, 1.807) is 4.90 Å². The number of amides is 2. The first-order valence-corrected chi connectivity index (χ1v) is 15.0. The number of ether oxygens (including phenoxy) is 2. The molecule has 3 aromatic carbocycles. The second-order valence-electron chi connectivity index (χ2n) is 11.2. The summed E-state index contributed by atoms with van der Waals surface area (Å²) in [7, 11) is 0. The number of carbonyl (C=O) groups is 2. The van der Waals surface area contributed by atoms with E-state index in [9.17, 15) is 19.8 Å². The molecule has 3 aromatic rings. The molecular formula is C35H40N2O6. The summed E-state index contributed by atoms with van der Waals surface area (Å²) in [5, 5.41) is 25.2. The van der Waals surface area contributed by atoms with Gasteiger partial charge in [0, 0.05) is 25.8 Å². The molecular weight excluding hydrogens is 544 g/mol. The molecule has 1 aliphatic carbocycles. The van der Waals surface area contributed by atoms with Gasteiger partial charge in [-0.15, -0.1) is 0 Å². The van der Waals surface area contributed by atoms with Crippen LogP contribution in [0.4, 0.5) is 4.79 Å². The van der Waals surface area contributed by atoms with Crippen LogP contribution in [0.15, 0.2) is 91.0 Å². The highest BCUT2D eigenvalue weighted by molar-refractivity contribution is 5.77. The smallest absolute Gasteiger partial charge is 0.407 e. The Balaban J connectivity index is 1.28. The number of benzene rings is 3. The minimum absolute atomic E-state index is 0.0458. The van der Waals surface area contributed by atoms with Gasteiger partial charge in [-0.1, -0.05) is 97.1 Å². The van der Waals surface area contributed by atoms with Crippen LogP contribution in [0.25, 0.3) is 6.08 Å². The van der Waals surface area contributed by atoms with E-state index >= 15 is 0 Å². The minimum atomic E-state index is -1.00. The summed E-state index contributed by atoms with van der Waals surface area (Å²) in [5.41, 5.74) is 3.94. The summed E-state index contributed by atoms with van der Waals surface area (Å²) < 4.78 is 10.8. The molecule has 0 saturated carbocycles. The van der Waals surface area contributed by atoms with Crippen molar-refractivity contribution in [2.75, 3.05) is 19.8 Å². The third kappa shape index (κ3) is 8.32. The summed E-state index contributed by atoms with van der Waals surface area (Å²) >= 11 is 0. The predicted octanol–water partition coefficient (Wildman–Crippen LogP) is 4.45. The van der Waals surface area contributed by atoms with E-state index in [4.69, 9.17) is 9.47 Å². The van der Waals surface area contributed by atoms with Gasteiger partial charge in [-0.25, -0.2) is 4.79 Å². The number of carbonyl (C=O) groups excluding carboxylic acids is 2. The summed E-state index contributed by atoms with van der Waals surface area (Å²) in [4.78, 5) is 28.2. The maximum absolute atomic E-state index is 13.8. The number of hydrogen-bond donors (Lipinski definition) is 3. The Morgan fingerprint density at radius 2 is 1.74 bits per heavy atom. The van der Waals surface area contributed by atoms with Crippen LogP contribution < -0.4 is 5.32 Å². The first kappa shape index (κ1) is 30.5. The Morgan fingerprint density at radius 3 is 2.49 bits per heavy atom. The van der Waals surface area contributed by atoms with Crippen molar-refractivity contribution in [2.24, 2.45) is 0 Å². The van der Waals surface area contributed by atoms with Crippen LogP contribution >= 0.6 is 0 Å². The molecule has 5 rings (SSSR count). The molecule has 2 aliphatic rings. The molecule has 43 heavy (non-hydrogen) atoms. The SMILES string of the molecule is O=C(N[C@@H](Cc1ccccc1)[C@@H](O)CCC(=O)N(CC=Cc1ccccc1)[C@H]1c2ccccc2C[C@H]1O)O[C@H]1CCOC1. The molecule has 1 heterocycles. The Bertz CT molecular complexity index is 1360. The molecule has 3 N–H and O–H groups in total. The van der Waals surface area contributed by atoms with Crippen LogP contribution in [-0.4, -0.2) is 71.2 Å². The first-order chi connectivity index (χ1) is 21.0.